The summed E-state index contributed by atoms with van der Waals surface area (Å²) < 4.78 is 5.30. The first-order chi connectivity index (χ1) is 8.44. The van der Waals surface area contributed by atoms with Gasteiger partial charge in [0.2, 0.25) is 0 Å². The fraction of sp³-hybridized carbons (Fsp3) is 0.500. The Morgan fingerprint density at radius 1 is 1.39 bits per heavy atom. The lowest BCUT2D eigenvalue weighted by molar-refractivity contribution is 0.273. The lowest BCUT2D eigenvalue weighted by Crippen LogP contribution is -2.44. The molecule has 98 valence electrons. The summed E-state index contributed by atoms with van der Waals surface area (Å²) in [6, 6.07) is 6.16. The number of benzene rings is 1. The molecular formula is C14H21N3O. The van der Waals surface area contributed by atoms with E-state index in [0.717, 1.165) is 30.6 Å². The number of rotatable bonds is 5. The molecule has 0 aliphatic rings. The van der Waals surface area contributed by atoms with Crippen molar-refractivity contribution >= 4 is 11.1 Å². The van der Waals surface area contributed by atoms with Crippen LogP contribution in [0.15, 0.2) is 29.0 Å². The largest absolute Gasteiger partial charge is 0.443 e. The van der Waals surface area contributed by atoms with Gasteiger partial charge >= 0.3 is 0 Å². The standard InChI is InChI=1S/C14H21N3O/c1-14(2,15)9-17(3)7-6-11-4-5-12-13(8-11)18-10-16-12/h4-5,8,10H,6-7,9,15H2,1-3H3. The molecule has 0 spiro atoms. The van der Waals surface area contributed by atoms with E-state index >= 15 is 0 Å². The van der Waals surface area contributed by atoms with E-state index in [1.54, 1.807) is 0 Å². The van der Waals surface area contributed by atoms with Gasteiger partial charge in [-0.25, -0.2) is 4.98 Å². The van der Waals surface area contributed by atoms with Crippen molar-refractivity contribution in [1.82, 2.24) is 9.88 Å². The average molecular weight is 247 g/mol. The highest BCUT2D eigenvalue weighted by Gasteiger charge is 2.13. The van der Waals surface area contributed by atoms with E-state index in [9.17, 15) is 0 Å². The maximum Gasteiger partial charge on any atom is 0.181 e. The van der Waals surface area contributed by atoms with Crippen molar-refractivity contribution in [2.75, 3.05) is 20.1 Å². The highest BCUT2D eigenvalue weighted by Crippen LogP contribution is 2.14. The minimum absolute atomic E-state index is 0.149. The van der Waals surface area contributed by atoms with E-state index < -0.39 is 0 Å². The Balaban J connectivity index is 1.93. The van der Waals surface area contributed by atoms with Crippen molar-refractivity contribution in [2.45, 2.75) is 25.8 Å². The third-order valence-electron chi connectivity index (χ3n) is 2.86. The molecule has 0 bridgehead atoms. The summed E-state index contributed by atoms with van der Waals surface area (Å²) in [5, 5.41) is 0. The zero-order valence-corrected chi connectivity index (χ0v) is 11.3. The van der Waals surface area contributed by atoms with E-state index in [-0.39, 0.29) is 5.54 Å². The molecule has 0 saturated carbocycles. The van der Waals surface area contributed by atoms with Gasteiger partial charge in [0.15, 0.2) is 12.0 Å². The van der Waals surface area contributed by atoms with Gasteiger partial charge in [-0.05, 0) is 45.0 Å². The van der Waals surface area contributed by atoms with E-state index in [4.69, 9.17) is 10.2 Å². The first-order valence-corrected chi connectivity index (χ1v) is 6.24. The minimum Gasteiger partial charge on any atom is -0.443 e. The van der Waals surface area contributed by atoms with Crippen LogP contribution in [0.4, 0.5) is 0 Å². The molecule has 1 heterocycles. The number of nitrogens with zero attached hydrogens (tertiary/aromatic N) is 2. The smallest absolute Gasteiger partial charge is 0.181 e. The normalized spacial score (nSPS) is 12.5. The van der Waals surface area contributed by atoms with Crippen molar-refractivity contribution in [3.8, 4) is 0 Å². The third-order valence-corrected chi connectivity index (χ3v) is 2.86. The molecule has 1 aromatic heterocycles. The van der Waals surface area contributed by atoms with E-state index in [2.05, 4.69) is 29.1 Å². The topological polar surface area (TPSA) is 55.3 Å². The van der Waals surface area contributed by atoms with Crippen LogP contribution in [0.25, 0.3) is 11.1 Å². The molecule has 0 aliphatic carbocycles. The van der Waals surface area contributed by atoms with Gasteiger partial charge in [-0.1, -0.05) is 6.07 Å². The van der Waals surface area contributed by atoms with Gasteiger partial charge in [-0.3, -0.25) is 0 Å². The maximum atomic E-state index is 6.00. The van der Waals surface area contributed by atoms with Crippen LogP contribution >= 0.6 is 0 Å². The van der Waals surface area contributed by atoms with E-state index in [1.807, 2.05) is 19.9 Å². The SMILES string of the molecule is CN(CCc1ccc2ncoc2c1)CC(C)(C)N. The molecule has 1 aromatic carbocycles. The van der Waals surface area contributed by atoms with Crippen LogP contribution in [0, 0.1) is 0 Å². The molecule has 0 aliphatic heterocycles. The molecule has 0 radical (unpaired) electrons. The minimum atomic E-state index is -0.149. The molecule has 2 N–H and O–H groups in total. The summed E-state index contributed by atoms with van der Waals surface area (Å²) in [4.78, 5) is 6.36. The van der Waals surface area contributed by atoms with Gasteiger partial charge in [0.1, 0.15) is 5.52 Å². The summed E-state index contributed by atoms with van der Waals surface area (Å²) in [5.41, 5.74) is 8.88. The number of hydrogen-bond acceptors (Lipinski definition) is 4. The zero-order valence-electron chi connectivity index (χ0n) is 11.3. The molecule has 0 saturated heterocycles. The highest BCUT2D eigenvalue weighted by molar-refractivity contribution is 5.72. The van der Waals surface area contributed by atoms with Crippen molar-refractivity contribution < 1.29 is 4.42 Å². The second-order valence-corrected chi connectivity index (χ2v) is 5.63. The first-order valence-electron chi connectivity index (χ1n) is 6.24. The number of aromatic nitrogens is 1. The summed E-state index contributed by atoms with van der Waals surface area (Å²) in [5.74, 6) is 0. The van der Waals surface area contributed by atoms with Gasteiger partial charge in [0.25, 0.3) is 0 Å². The fourth-order valence-corrected chi connectivity index (χ4v) is 2.15. The molecule has 2 aromatic rings. The third kappa shape index (κ3) is 3.55. The predicted molar refractivity (Wildman–Crippen MR) is 73.5 cm³/mol. The lowest BCUT2D eigenvalue weighted by Gasteiger charge is -2.26. The quantitative estimate of drug-likeness (QED) is 0.878. The van der Waals surface area contributed by atoms with Crippen LogP contribution in [-0.2, 0) is 6.42 Å². The van der Waals surface area contributed by atoms with Crippen LogP contribution in [0.2, 0.25) is 0 Å². The van der Waals surface area contributed by atoms with Crippen molar-refractivity contribution in [3.63, 3.8) is 0 Å². The van der Waals surface area contributed by atoms with Crippen LogP contribution in [0.5, 0.6) is 0 Å². The summed E-state index contributed by atoms with van der Waals surface area (Å²) in [7, 11) is 2.10. The number of oxazole rings is 1. The van der Waals surface area contributed by atoms with Crippen molar-refractivity contribution in [3.05, 3.63) is 30.2 Å². The zero-order chi connectivity index (χ0) is 13.2. The number of fused-ring (bicyclic) bond motifs is 1. The molecule has 2 rings (SSSR count). The molecule has 0 atom stereocenters. The number of hydrogen-bond donors (Lipinski definition) is 1. The van der Waals surface area contributed by atoms with Gasteiger partial charge in [-0.15, -0.1) is 0 Å². The van der Waals surface area contributed by atoms with Gasteiger partial charge in [0.05, 0.1) is 0 Å². The lowest BCUT2D eigenvalue weighted by atomic mass is 10.1. The first kappa shape index (κ1) is 13.1. The van der Waals surface area contributed by atoms with Crippen molar-refractivity contribution in [2.24, 2.45) is 5.73 Å². The van der Waals surface area contributed by atoms with Crippen LogP contribution in [-0.4, -0.2) is 35.6 Å². The van der Waals surface area contributed by atoms with Crippen LogP contribution in [0.3, 0.4) is 0 Å². The molecule has 0 amide bonds. The second kappa shape index (κ2) is 5.08. The maximum absolute atomic E-state index is 6.00. The van der Waals surface area contributed by atoms with E-state index in [1.165, 1.54) is 12.0 Å². The summed E-state index contributed by atoms with van der Waals surface area (Å²) in [6.07, 6.45) is 2.47. The molecule has 4 heteroatoms. The Bertz CT molecular complexity index is 513. The van der Waals surface area contributed by atoms with Crippen molar-refractivity contribution in [1.29, 1.82) is 0 Å². The Kier molecular flexibility index (Phi) is 3.68. The van der Waals surface area contributed by atoms with Gasteiger partial charge < -0.3 is 15.1 Å². The summed E-state index contributed by atoms with van der Waals surface area (Å²) in [6.45, 7) is 5.96. The van der Waals surface area contributed by atoms with Gasteiger partial charge in [0, 0.05) is 18.6 Å². The monoisotopic (exact) mass is 247 g/mol. The average Bonchev–Trinajstić information content (AvgIpc) is 2.71. The predicted octanol–water partition coefficient (Wildman–Crippen LogP) is 2.04. The molecule has 18 heavy (non-hydrogen) atoms. The molecule has 0 unspecified atom stereocenters. The Morgan fingerprint density at radius 2 is 2.17 bits per heavy atom. The van der Waals surface area contributed by atoms with Crippen LogP contribution in [0.1, 0.15) is 19.4 Å². The fourth-order valence-electron chi connectivity index (χ4n) is 2.15. The number of likely N-dealkylation sites (N-methyl/N-ethyl adjacent to an activating group) is 1. The highest BCUT2D eigenvalue weighted by atomic mass is 16.3. The Morgan fingerprint density at radius 3 is 2.89 bits per heavy atom. The van der Waals surface area contributed by atoms with Crippen LogP contribution < -0.4 is 5.73 Å². The second-order valence-electron chi connectivity index (χ2n) is 5.63. The molecular weight excluding hydrogens is 226 g/mol. The Labute approximate surface area is 108 Å². The molecule has 0 fully saturated rings. The Hall–Kier alpha value is -1.39. The van der Waals surface area contributed by atoms with E-state index in [0.29, 0.717) is 0 Å². The van der Waals surface area contributed by atoms with Gasteiger partial charge in [-0.2, -0.15) is 0 Å². The summed E-state index contributed by atoms with van der Waals surface area (Å²) >= 11 is 0. The molecule has 4 nitrogen and oxygen atoms in total. The number of nitrogens with two attached hydrogens (primary N) is 1.